The minimum Gasteiger partial charge on any atom is -0.389 e. The second kappa shape index (κ2) is 6.23. The highest BCUT2D eigenvalue weighted by Gasteiger charge is 2.30. The molecule has 0 saturated carbocycles. The predicted octanol–water partition coefficient (Wildman–Crippen LogP) is 1.79. The van der Waals surface area contributed by atoms with E-state index in [0.717, 1.165) is 56.6 Å². The average molecular weight is 358 g/mol. The summed E-state index contributed by atoms with van der Waals surface area (Å²) in [5.74, 6) is 2.11. The number of anilines is 2. The van der Waals surface area contributed by atoms with E-state index in [9.17, 15) is 5.11 Å². The van der Waals surface area contributed by atoms with Crippen molar-refractivity contribution < 1.29 is 9.84 Å². The van der Waals surface area contributed by atoms with Gasteiger partial charge in [-0.3, -0.25) is 0 Å². The van der Waals surface area contributed by atoms with Crippen LogP contribution in [-0.4, -0.2) is 54.0 Å². The predicted molar refractivity (Wildman–Crippen MR) is 97.5 cm³/mol. The van der Waals surface area contributed by atoms with Crippen molar-refractivity contribution in [2.45, 2.75) is 31.4 Å². The molecule has 2 fully saturated rings. The molecule has 5 heterocycles. The van der Waals surface area contributed by atoms with Crippen LogP contribution in [0.5, 0.6) is 0 Å². The van der Waals surface area contributed by atoms with Crippen molar-refractivity contribution in [2.75, 3.05) is 42.6 Å². The number of hydrogen-bond acceptors (Lipinski definition) is 7. The van der Waals surface area contributed by atoms with Crippen molar-refractivity contribution in [3.63, 3.8) is 0 Å². The van der Waals surface area contributed by atoms with E-state index >= 15 is 0 Å². The fraction of sp³-hybridized carbons (Fsp3) is 0.556. The van der Waals surface area contributed by atoms with Crippen LogP contribution in [0, 0.1) is 0 Å². The molecule has 0 radical (unpaired) electrons. The van der Waals surface area contributed by atoms with Gasteiger partial charge in [0.05, 0.1) is 18.4 Å². The largest absolute Gasteiger partial charge is 0.389 e. The van der Waals surface area contributed by atoms with Gasteiger partial charge in [0.25, 0.3) is 0 Å². The Hall–Kier alpha value is -1.70. The molecule has 7 heteroatoms. The summed E-state index contributed by atoms with van der Waals surface area (Å²) < 4.78 is 5.56. The molecule has 132 valence electrons. The van der Waals surface area contributed by atoms with Gasteiger partial charge >= 0.3 is 0 Å². The zero-order chi connectivity index (χ0) is 16.8. The Balaban J connectivity index is 1.47. The Kier molecular flexibility index (Phi) is 3.87. The SMILES string of the molecule is OC1CN(c2nc([C@@H]3CCOC3)cc(N3CCc4sccc4C3)n2)C1. The van der Waals surface area contributed by atoms with E-state index in [4.69, 9.17) is 14.7 Å². The lowest BCUT2D eigenvalue weighted by Crippen LogP contribution is -2.51. The monoisotopic (exact) mass is 358 g/mol. The molecule has 1 N–H and O–H groups in total. The standard InChI is InChI=1S/C18H22N4O2S/c23-14-9-22(10-14)18-19-15(13-2-5-24-11-13)7-17(20-18)21-4-1-16-12(8-21)3-6-25-16/h3,6-7,13-14,23H,1-2,4-5,8-11H2/t13-/m1/s1. The minimum atomic E-state index is -0.256. The zero-order valence-corrected chi connectivity index (χ0v) is 14.9. The molecule has 2 saturated heterocycles. The van der Waals surface area contributed by atoms with Crippen LogP contribution >= 0.6 is 11.3 Å². The normalized spacial score (nSPS) is 23.6. The average Bonchev–Trinajstić information content (AvgIpc) is 3.29. The van der Waals surface area contributed by atoms with Crippen LogP contribution in [-0.2, 0) is 17.7 Å². The van der Waals surface area contributed by atoms with Crippen LogP contribution in [0.2, 0.25) is 0 Å². The summed E-state index contributed by atoms with van der Waals surface area (Å²) in [5.41, 5.74) is 2.50. The molecule has 0 unspecified atom stereocenters. The maximum absolute atomic E-state index is 9.64. The lowest BCUT2D eigenvalue weighted by molar-refractivity contribution is 0.140. The van der Waals surface area contributed by atoms with E-state index in [-0.39, 0.29) is 6.10 Å². The van der Waals surface area contributed by atoms with Gasteiger partial charge in [-0.25, -0.2) is 4.98 Å². The van der Waals surface area contributed by atoms with Crippen LogP contribution in [0.3, 0.4) is 0 Å². The molecule has 0 spiro atoms. The van der Waals surface area contributed by atoms with Crippen molar-refractivity contribution >= 4 is 23.1 Å². The third kappa shape index (κ3) is 2.90. The van der Waals surface area contributed by atoms with Crippen molar-refractivity contribution in [3.05, 3.63) is 33.6 Å². The van der Waals surface area contributed by atoms with Gasteiger partial charge in [0.1, 0.15) is 5.82 Å². The Morgan fingerprint density at radius 1 is 1.24 bits per heavy atom. The fourth-order valence-corrected chi connectivity index (χ4v) is 4.67. The molecule has 25 heavy (non-hydrogen) atoms. The second-order valence-corrected chi connectivity index (χ2v) is 8.11. The summed E-state index contributed by atoms with van der Waals surface area (Å²) in [6.45, 7) is 4.71. The maximum atomic E-state index is 9.64. The number of aliphatic hydroxyl groups is 1. The van der Waals surface area contributed by atoms with Crippen LogP contribution in [0.25, 0.3) is 0 Å². The van der Waals surface area contributed by atoms with Gasteiger partial charge < -0.3 is 19.6 Å². The van der Waals surface area contributed by atoms with Crippen LogP contribution in [0.1, 0.15) is 28.5 Å². The molecule has 0 amide bonds. The minimum absolute atomic E-state index is 0.256. The number of fused-ring (bicyclic) bond motifs is 1. The molecule has 2 aromatic rings. The van der Waals surface area contributed by atoms with E-state index in [1.54, 1.807) is 0 Å². The summed E-state index contributed by atoms with van der Waals surface area (Å²) in [7, 11) is 0. The van der Waals surface area contributed by atoms with E-state index in [0.29, 0.717) is 19.0 Å². The molecule has 5 rings (SSSR count). The Morgan fingerprint density at radius 2 is 2.16 bits per heavy atom. The first-order valence-corrected chi connectivity index (χ1v) is 9.84. The number of ether oxygens (including phenoxy) is 1. The fourth-order valence-electron chi connectivity index (χ4n) is 3.78. The van der Waals surface area contributed by atoms with Crippen molar-refractivity contribution in [1.82, 2.24) is 9.97 Å². The van der Waals surface area contributed by atoms with Crippen molar-refractivity contribution in [1.29, 1.82) is 0 Å². The Bertz CT molecular complexity index is 768. The quantitative estimate of drug-likeness (QED) is 0.903. The van der Waals surface area contributed by atoms with Gasteiger partial charge in [-0.05, 0) is 29.9 Å². The first-order valence-electron chi connectivity index (χ1n) is 8.96. The van der Waals surface area contributed by atoms with Gasteiger partial charge in [-0.2, -0.15) is 4.98 Å². The summed E-state index contributed by atoms with van der Waals surface area (Å²) in [4.78, 5) is 15.6. The number of hydrogen-bond donors (Lipinski definition) is 1. The smallest absolute Gasteiger partial charge is 0.227 e. The van der Waals surface area contributed by atoms with E-state index < -0.39 is 0 Å². The number of aliphatic hydroxyl groups excluding tert-OH is 1. The molecule has 2 aromatic heterocycles. The second-order valence-electron chi connectivity index (χ2n) is 7.11. The van der Waals surface area contributed by atoms with Crippen LogP contribution < -0.4 is 9.80 Å². The number of aromatic nitrogens is 2. The van der Waals surface area contributed by atoms with Gasteiger partial charge in [-0.15, -0.1) is 11.3 Å². The van der Waals surface area contributed by atoms with E-state index in [1.165, 1.54) is 10.4 Å². The van der Waals surface area contributed by atoms with Crippen molar-refractivity contribution in [2.24, 2.45) is 0 Å². The third-order valence-corrected chi connectivity index (χ3v) is 6.37. The van der Waals surface area contributed by atoms with Gasteiger partial charge in [0.15, 0.2) is 0 Å². The summed E-state index contributed by atoms with van der Waals surface area (Å²) >= 11 is 1.86. The van der Waals surface area contributed by atoms with Crippen molar-refractivity contribution in [3.8, 4) is 0 Å². The molecule has 3 aliphatic rings. The zero-order valence-electron chi connectivity index (χ0n) is 14.1. The topological polar surface area (TPSA) is 61.7 Å². The molecule has 6 nitrogen and oxygen atoms in total. The summed E-state index contributed by atoms with van der Waals surface area (Å²) in [6, 6.07) is 4.38. The molecule has 1 atom stereocenters. The van der Waals surface area contributed by atoms with E-state index in [2.05, 4.69) is 27.3 Å². The van der Waals surface area contributed by atoms with Crippen LogP contribution in [0.4, 0.5) is 11.8 Å². The molecule has 0 aromatic carbocycles. The lowest BCUT2D eigenvalue weighted by Gasteiger charge is -2.37. The summed E-state index contributed by atoms with van der Waals surface area (Å²) in [6.07, 6.45) is 1.85. The summed E-state index contributed by atoms with van der Waals surface area (Å²) in [5, 5.41) is 11.8. The number of rotatable bonds is 3. The molecule has 0 bridgehead atoms. The first kappa shape index (κ1) is 15.5. The molecule has 0 aliphatic carbocycles. The van der Waals surface area contributed by atoms with E-state index in [1.807, 2.05) is 11.3 Å². The third-order valence-electron chi connectivity index (χ3n) is 5.35. The highest BCUT2D eigenvalue weighted by Crippen LogP contribution is 2.32. The Morgan fingerprint density at radius 3 is 2.96 bits per heavy atom. The number of nitrogens with zero attached hydrogens (tertiary/aromatic N) is 4. The van der Waals surface area contributed by atoms with Gasteiger partial charge in [0.2, 0.25) is 5.95 Å². The highest BCUT2D eigenvalue weighted by molar-refractivity contribution is 7.10. The molecular weight excluding hydrogens is 336 g/mol. The first-order chi connectivity index (χ1) is 12.3. The lowest BCUT2D eigenvalue weighted by atomic mass is 10.0. The molecule has 3 aliphatic heterocycles. The van der Waals surface area contributed by atoms with Gasteiger partial charge in [0, 0.05) is 49.6 Å². The Labute approximate surface area is 151 Å². The number of thiophene rings is 1. The van der Waals surface area contributed by atoms with Gasteiger partial charge in [-0.1, -0.05) is 0 Å². The highest BCUT2D eigenvalue weighted by atomic mass is 32.1. The molecular formula is C18H22N4O2S. The maximum Gasteiger partial charge on any atom is 0.227 e. The number of β-amino-alcohol motifs (C(OH)–C–C–N with tert-alkyl or cyclic N) is 1. The van der Waals surface area contributed by atoms with Crippen LogP contribution in [0.15, 0.2) is 17.5 Å².